The average Bonchev–Trinajstić information content (AvgIpc) is 2.39. The van der Waals surface area contributed by atoms with Crippen LogP contribution >= 0.6 is 0 Å². The number of carbonyl (C=O) groups is 2. The van der Waals surface area contributed by atoms with Gasteiger partial charge in [0.2, 0.25) is 11.8 Å². The van der Waals surface area contributed by atoms with E-state index in [4.69, 9.17) is 5.73 Å². The summed E-state index contributed by atoms with van der Waals surface area (Å²) in [6.07, 6.45) is 1.66. The van der Waals surface area contributed by atoms with Gasteiger partial charge in [0.15, 0.2) is 0 Å². The Morgan fingerprint density at radius 1 is 1.28 bits per heavy atom. The highest BCUT2D eigenvalue weighted by Crippen LogP contribution is 2.17. The summed E-state index contributed by atoms with van der Waals surface area (Å²) in [6.45, 7) is 4.73. The van der Waals surface area contributed by atoms with Gasteiger partial charge in [-0.25, -0.2) is 0 Å². The van der Waals surface area contributed by atoms with Crippen LogP contribution in [0.25, 0.3) is 0 Å². The van der Waals surface area contributed by atoms with Gasteiger partial charge in [0.25, 0.3) is 0 Å². The molecule has 18 heavy (non-hydrogen) atoms. The van der Waals surface area contributed by atoms with E-state index >= 15 is 0 Å². The Labute approximate surface area is 107 Å². The molecule has 4 N–H and O–H groups in total. The van der Waals surface area contributed by atoms with Crippen molar-refractivity contribution in [3.63, 3.8) is 0 Å². The molecule has 6 heteroatoms. The van der Waals surface area contributed by atoms with Gasteiger partial charge in [-0.2, -0.15) is 0 Å². The summed E-state index contributed by atoms with van der Waals surface area (Å²) >= 11 is 0. The molecule has 0 aromatic rings. The molecule has 0 aromatic heterocycles. The maximum absolute atomic E-state index is 12.3. The Kier molecular flexibility index (Phi) is 4.19. The van der Waals surface area contributed by atoms with Crippen LogP contribution in [0.15, 0.2) is 0 Å². The van der Waals surface area contributed by atoms with Gasteiger partial charge in [0.05, 0.1) is 12.0 Å². The summed E-state index contributed by atoms with van der Waals surface area (Å²) in [5.41, 5.74) is 5.32. The normalized spacial score (nSPS) is 33.2. The number of nitrogens with zero attached hydrogens (tertiary/aromatic N) is 1. The van der Waals surface area contributed by atoms with E-state index in [0.29, 0.717) is 19.1 Å². The van der Waals surface area contributed by atoms with Crippen molar-refractivity contribution in [1.29, 1.82) is 0 Å². The standard InChI is InChI=1S/C12H22N4O2/c1-8-5-15-10(6-14-8)12(18)16-4-2-3-9(7-16)11(13)17/h8-10,14-15H,2-7H2,1H3,(H2,13,17). The average molecular weight is 254 g/mol. The second-order valence-corrected chi connectivity index (χ2v) is 5.30. The van der Waals surface area contributed by atoms with Crippen LogP contribution < -0.4 is 16.4 Å². The van der Waals surface area contributed by atoms with E-state index in [1.165, 1.54) is 0 Å². The molecule has 0 radical (unpaired) electrons. The van der Waals surface area contributed by atoms with Crippen molar-refractivity contribution in [3.8, 4) is 0 Å². The van der Waals surface area contributed by atoms with E-state index in [2.05, 4.69) is 17.6 Å². The van der Waals surface area contributed by atoms with Crippen molar-refractivity contribution in [2.24, 2.45) is 11.7 Å². The third-order valence-electron chi connectivity index (χ3n) is 3.77. The van der Waals surface area contributed by atoms with Crippen molar-refractivity contribution in [1.82, 2.24) is 15.5 Å². The molecule has 3 unspecified atom stereocenters. The summed E-state index contributed by atoms with van der Waals surface area (Å²) in [7, 11) is 0. The van der Waals surface area contributed by atoms with Crippen LogP contribution in [0.4, 0.5) is 0 Å². The van der Waals surface area contributed by atoms with Crippen LogP contribution in [0.5, 0.6) is 0 Å². The number of piperidine rings is 1. The summed E-state index contributed by atoms with van der Waals surface area (Å²) < 4.78 is 0. The lowest BCUT2D eigenvalue weighted by molar-refractivity contribution is -0.137. The molecule has 0 bridgehead atoms. The molecule has 0 aliphatic carbocycles. The third-order valence-corrected chi connectivity index (χ3v) is 3.77. The Bertz CT molecular complexity index is 326. The molecule has 2 aliphatic rings. The molecule has 2 fully saturated rings. The van der Waals surface area contributed by atoms with Crippen molar-refractivity contribution in [2.75, 3.05) is 26.2 Å². The highest BCUT2D eigenvalue weighted by Gasteiger charge is 2.32. The number of nitrogens with one attached hydrogen (secondary N) is 2. The van der Waals surface area contributed by atoms with E-state index < -0.39 is 0 Å². The molecule has 2 rings (SSSR count). The van der Waals surface area contributed by atoms with Crippen LogP contribution in [0.3, 0.4) is 0 Å². The van der Waals surface area contributed by atoms with Crippen LogP contribution in [0.2, 0.25) is 0 Å². The van der Waals surface area contributed by atoms with Gasteiger partial charge in [-0.3, -0.25) is 9.59 Å². The number of carbonyl (C=O) groups excluding carboxylic acids is 2. The van der Waals surface area contributed by atoms with E-state index in [-0.39, 0.29) is 23.8 Å². The zero-order valence-electron chi connectivity index (χ0n) is 10.8. The minimum absolute atomic E-state index is 0.0837. The van der Waals surface area contributed by atoms with Crippen molar-refractivity contribution in [2.45, 2.75) is 31.8 Å². The number of hydrogen-bond acceptors (Lipinski definition) is 4. The molecular formula is C12H22N4O2. The Morgan fingerprint density at radius 2 is 2.06 bits per heavy atom. The largest absolute Gasteiger partial charge is 0.369 e. The number of rotatable bonds is 2. The molecular weight excluding hydrogens is 232 g/mol. The second-order valence-electron chi connectivity index (χ2n) is 5.30. The zero-order chi connectivity index (χ0) is 13.1. The number of piperazine rings is 1. The lowest BCUT2D eigenvalue weighted by Crippen LogP contribution is -2.60. The van der Waals surface area contributed by atoms with Crippen LogP contribution in [0.1, 0.15) is 19.8 Å². The summed E-state index contributed by atoms with van der Waals surface area (Å²) in [4.78, 5) is 25.3. The monoisotopic (exact) mass is 254 g/mol. The molecule has 6 nitrogen and oxygen atoms in total. The van der Waals surface area contributed by atoms with Gasteiger partial charge < -0.3 is 21.3 Å². The molecule has 2 aliphatic heterocycles. The fourth-order valence-electron chi connectivity index (χ4n) is 2.59. The quantitative estimate of drug-likeness (QED) is 0.569. The lowest BCUT2D eigenvalue weighted by Gasteiger charge is -2.36. The molecule has 2 amide bonds. The van der Waals surface area contributed by atoms with Crippen LogP contribution in [-0.2, 0) is 9.59 Å². The van der Waals surface area contributed by atoms with Gasteiger partial charge in [-0.15, -0.1) is 0 Å². The molecule has 2 saturated heterocycles. The summed E-state index contributed by atoms with van der Waals surface area (Å²) in [5.74, 6) is -0.394. The summed E-state index contributed by atoms with van der Waals surface area (Å²) in [6, 6.07) is 0.224. The van der Waals surface area contributed by atoms with Gasteiger partial charge >= 0.3 is 0 Å². The first-order chi connectivity index (χ1) is 8.58. The SMILES string of the molecule is CC1CNC(C(=O)N2CCCC(C(N)=O)C2)CN1. The number of amides is 2. The number of nitrogens with two attached hydrogens (primary N) is 1. The van der Waals surface area contributed by atoms with Crippen LogP contribution in [0, 0.1) is 5.92 Å². The smallest absolute Gasteiger partial charge is 0.241 e. The first kappa shape index (κ1) is 13.3. The zero-order valence-corrected chi connectivity index (χ0v) is 10.8. The molecule has 0 spiro atoms. The summed E-state index contributed by atoms with van der Waals surface area (Å²) in [5, 5.41) is 6.52. The van der Waals surface area contributed by atoms with E-state index in [1.807, 2.05) is 0 Å². The van der Waals surface area contributed by atoms with Gasteiger partial charge in [-0.1, -0.05) is 0 Å². The molecule has 0 aromatic carbocycles. The number of primary amides is 1. The van der Waals surface area contributed by atoms with Gasteiger partial charge in [-0.05, 0) is 19.8 Å². The Balaban J connectivity index is 1.90. The first-order valence-electron chi connectivity index (χ1n) is 6.63. The maximum atomic E-state index is 12.3. The van der Waals surface area contributed by atoms with Crippen LogP contribution in [-0.4, -0.2) is 55.0 Å². The lowest BCUT2D eigenvalue weighted by atomic mass is 9.96. The van der Waals surface area contributed by atoms with Crippen molar-refractivity contribution >= 4 is 11.8 Å². The number of likely N-dealkylation sites (tertiary alicyclic amines) is 1. The van der Waals surface area contributed by atoms with Gasteiger partial charge in [0, 0.05) is 32.2 Å². The van der Waals surface area contributed by atoms with Gasteiger partial charge in [0.1, 0.15) is 0 Å². The Hall–Kier alpha value is -1.14. The fourth-order valence-corrected chi connectivity index (χ4v) is 2.59. The highest BCUT2D eigenvalue weighted by atomic mass is 16.2. The topological polar surface area (TPSA) is 87.5 Å². The maximum Gasteiger partial charge on any atom is 0.241 e. The first-order valence-corrected chi connectivity index (χ1v) is 6.63. The molecule has 3 atom stereocenters. The Morgan fingerprint density at radius 3 is 2.67 bits per heavy atom. The predicted octanol–water partition coefficient (Wildman–Crippen LogP) is -1.34. The van der Waals surface area contributed by atoms with E-state index in [9.17, 15) is 9.59 Å². The second kappa shape index (κ2) is 5.67. The molecule has 0 saturated carbocycles. The minimum atomic E-state index is -0.296. The molecule has 102 valence electrons. The minimum Gasteiger partial charge on any atom is -0.369 e. The number of hydrogen-bond donors (Lipinski definition) is 3. The fraction of sp³-hybridized carbons (Fsp3) is 0.833. The predicted molar refractivity (Wildman–Crippen MR) is 67.8 cm³/mol. The molecule has 2 heterocycles. The highest BCUT2D eigenvalue weighted by molar-refractivity contribution is 5.84. The van der Waals surface area contributed by atoms with Crippen molar-refractivity contribution < 1.29 is 9.59 Å². The van der Waals surface area contributed by atoms with E-state index in [1.54, 1.807) is 4.90 Å². The third kappa shape index (κ3) is 3.00. The van der Waals surface area contributed by atoms with Crippen molar-refractivity contribution in [3.05, 3.63) is 0 Å². The van der Waals surface area contributed by atoms with E-state index in [0.717, 1.165) is 25.9 Å².